The van der Waals surface area contributed by atoms with Gasteiger partial charge in [0.2, 0.25) is 0 Å². The number of guanidine groups is 1. The van der Waals surface area contributed by atoms with Crippen molar-refractivity contribution in [1.29, 1.82) is 0 Å². The summed E-state index contributed by atoms with van der Waals surface area (Å²) in [4.78, 5) is 9.11. The predicted octanol–water partition coefficient (Wildman–Crippen LogP) is 3.29. The Balaban J connectivity index is 1.47. The fourth-order valence-electron chi connectivity index (χ4n) is 3.72. The minimum Gasteiger partial charge on any atom is -0.434 e. The summed E-state index contributed by atoms with van der Waals surface area (Å²) in [5.74, 6) is 0.756. The molecule has 2 aromatic carbocycles. The van der Waals surface area contributed by atoms with E-state index in [4.69, 9.17) is 0 Å². The molecule has 0 radical (unpaired) electrons. The lowest BCUT2D eigenvalue weighted by Gasteiger charge is -2.20. The Kier molecular flexibility index (Phi) is 9.25. The van der Waals surface area contributed by atoms with Crippen LogP contribution in [0, 0.1) is 0 Å². The highest BCUT2D eigenvalue weighted by Crippen LogP contribution is 2.20. The van der Waals surface area contributed by atoms with E-state index < -0.39 is 6.61 Å². The summed E-state index contributed by atoms with van der Waals surface area (Å²) in [5, 5.41) is 6.41. The van der Waals surface area contributed by atoms with E-state index in [1.165, 1.54) is 24.6 Å². The molecule has 8 heteroatoms. The van der Waals surface area contributed by atoms with Gasteiger partial charge in [-0.2, -0.15) is 8.78 Å². The Morgan fingerprint density at radius 3 is 2.44 bits per heavy atom. The third-order valence-corrected chi connectivity index (χ3v) is 5.56. The number of alkyl halides is 2. The van der Waals surface area contributed by atoms with Crippen LogP contribution in [0.15, 0.2) is 53.5 Å². The molecule has 2 N–H and O–H groups in total. The summed E-state index contributed by atoms with van der Waals surface area (Å²) >= 11 is 0. The standard InChI is InChI=1S/C24H33F2N5O/c1-27-24(29-17-21-6-3-4-7-22(21)32-23(25)26)28-16-19-8-10-20(11-9-19)18-31-13-5-12-30(2)14-15-31/h3-4,6-11,23H,5,12-18H2,1-2H3,(H2,27,28,29). The second kappa shape index (κ2) is 12.4. The first kappa shape index (κ1) is 23.9. The lowest BCUT2D eigenvalue weighted by molar-refractivity contribution is -0.0504. The van der Waals surface area contributed by atoms with Crippen molar-refractivity contribution < 1.29 is 13.5 Å². The van der Waals surface area contributed by atoms with Gasteiger partial charge in [-0.25, -0.2) is 0 Å². The molecule has 0 amide bonds. The zero-order chi connectivity index (χ0) is 22.8. The smallest absolute Gasteiger partial charge is 0.387 e. The van der Waals surface area contributed by atoms with Crippen LogP contribution in [0.4, 0.5) is 8.78 Å². The van der Waals surface area contributed by atoms with E-state index in [0.29, 0.717) is 24.6 Å². The quantitative estimate of drug-likeness (QED) is 0.483. The minimum absolute atomic E-state index is 0.164. The number of nitrogens with zero attached hydrogens (tertiary/aromatic N) is 3. The molecule has 2 aromatic rings. The summed E-state index contributed by atoms with van der Waals surface area (Å²) < 4.78 is 29.7. The SMILES string of the molecule is CN=C(NCc1ccc(CN2CCCN(C)CC2)cc1)NCc1ccccc1OC(F)F. The molecule has 0 spiro atoms. The topological polar surface area (TPSA) is 52.1 Å². The summed E-state index contributed by atoms with van der Waals surface area (Å²) in [5.41, 5.74) is 3.10. The van der Waals surface area contributed by atoms with E-state index in [9.17, 15) is 8.78 Å². The van der Waals surface area contributed by atoms with Crippen molar-refractivity contribution in [3.8, 4) is 5.75 Å². The molecule has 3 rings (SSSR count). The molecule has 0 saturated carbocycles. The van der Waals surface area contributed by atoms with E-state index in [2.05, 4.69) is 61.5 Å². The largest absolute Gasteiger partial charge is 0.434 e. The number of benzene rings is 2. The Bertz CT molecular complexity index is 860. The van der Waals surface area contributed by atoms with Crippen LogP contribution in [0.1, 0.15) is 23.1 Å². The van der Waals surface area contributed by atoms with Crippen LogP contribution in [0.2, 0.25) is 0 Å². The van der Waals surface area contributed by atoms with Crippen LogP contribution in [0.25, 0.3) is 0 Å². The van der Waals surface area contributed by atoms with Gasteiger partial charge in [0.05, 0.1) is 0 Å². The molecule has 1 aliphatic rings. The van der Waals surface area contributed by atoms with Gasteiger partial charge in [0.1, 0.15) is 5.75 Å². The molecule has 1 heterocycles. The van der Waals surface area contributed by atoms with Gasteiger partial charge in [0.15, 0.2) is 5.96 Å². The molecule has 0 bridgehead atoms. The summed E-state index contributed by atoms with van der Waals surface area (Å²) in [7, 11) is 3.86. The van der Waals surface area contributed by atoms with Crippen LogP contribution in [-0.2, 0) is 19.6 Å². The number of rotatable bonds is 8. The molecule has 0 atom stereocenters. The Morgan fingerprint density at radius 2 is 1.69 bits per heavy atom. The van der Waals surface area contributed by atoms with E-state index in [-0.39, 0.29) is 5.75 Å². The first-order chi connectivity index (χ1) is 15.5. The van der Waals surface area contributed by atoms with E-state index in [0.717, 1.165) is 31.7 Å². The zero-order valence-corrected chi connectivity index (χ0v) is 18.9. The molecule has 1 fully saturated rings. The fraction of sp³-hybridized carbons (Fsp3) is 0.458. The number of aliphatic imine (C=N–C) groups is 1. The van der Waals surface area contributed by atoms with E-state index in [1.807, 2.05) is 0 Å². The van der Waals surface area contributed by atoms with Crippen LogP contribution >= 0.6 is 0 Å². The van der Waals surface area contributed by atoms with Crippen LogP contribution in [0.5, 0.6) is 5.75 Å². The molecule has 0 aromatic heterocycles. The van der Waals surface area contributed by atoms with Gasteiger partial charge < -0.3 is 20.3 Å². The molecular weight excluding hydrogens is 412 g/mol. The Morgan fingerprint density at radius 1 is 0.969 bits per heavy atom. The third-order valence-electron chi connectivity index (χ3n) is 5.56. The lowest BCUT2D eigenvalue weighted by atomic mass is 10.1. The highest BCUT2D eigenvalue weighted by molar-refractivity contribution is 5.79. The number of para-hydroxylation sites is 1. The fourth-order valence-corrected chi connectivity index (χ4v) is 3.72. The van der Waals surface area contributed by atoms with Crippen molar-refractivity contribution in [2.75, 3.05) is 40.3 Å². The number of hydrogen-bond donors (Lipinski definition) is 2. The molecule has 32 heavy (non-hydrogen) atoms. The number of nitrogens with one attached hydrogen (secondary N) is 2. The highest BCUT2D eigenvalue weighted by Gasteiger charge is 2.12. The minimum atomic E-state index is -2.85. The number of likely N-dealkylation sites (N-methyl/N-ethyl adjacent to an activating group) is 1. The Hall–Kier alpha value is -2.71. The second-order valence-electron chi connectivity index (χ2n) is 8.02. The molecule has 6 nitrogen and oxygen atoms in total. The second-order valence-corrected chi connectivity index (χ2v) is 8.02. The first-order valence-corrected chi connectivity index (χ1v) is 11.0. The van der Waals surface area contributed by atoms with Crippen LogP contribution < -0.4 is 15.4 Å². The maximum absolute atomic E-state index is 12.6. The van der Waals surface area contributed by atoms with Gasteiger partial charge in [-0.3, -0.25) is 9.89 Å². The molecule has 174 valence electrons. The average Bonchev–Trinajstić information content (AvgIpc) is 2.99. The predicted molar refractivity (Wildman–Crippen MR) is 124 cm³/mol. The first-order valence-electron chi connectivity index (χ1n) is 11.0. The van der Waals surface area contributed by atoms with Crippen molar-refractivity contribution >= 4 is 5.96 Å². The number of halogens is 2. The molecule has 0 unspecified atom stereocenters. The van der Waals surface area contributed by atoms with Crippen molar-refractivity contribution in [2.24, 2.45) is 4.99 Å². The highest BCUT2D eigenvalue weighted by atomic mass is 19.3. The molecular formula is C24H33F2N5O. The molecule has 1 aliphatic heterocycles. The van der Waals surface area contributed by atoms with Crippen molar-refractivity contribution in [3.05, 3.63) is 65.2 Å². The van der Waals surface area contributed by atoms with Gasteiger partial charge in [0, 0.05) is 45.3 Å². The van der Waals surface area contributed by atoms with Crippen LogP contribution in [0.3, 0.4) is 0 Å². The maximum Gasteiger partial charge on any atom is 0.387 e. The van der Waals surface area contributed by atoms with Gasteiger partial charge in [0.25, 0.3) is 0 Å². The van der Waals surface area contributed by atoms with E-state index in [1.54, 1.807) is 25.2 Å². The monoisotopic (exact) mass is 445 g/mol. The summed E-state index contributed by atoms with van der Waals surface area (Å²) in [6.45, 7) is 3.60. The van der Waals surface area contributed by atoms with Gasteiger partial charge in [-0.05, 0) is 43.8 Å². The van der Waals surface area contributed by atoms with Gasteiger partial charge >= 0.3 is 6.61 Å². The zero-order valence-electron chi connectivity index (χ0n) is 18.9. The normalized spacial score (nSPS) is 16.1. The molecule has 1 saturated heterocycles. The number of ether oxygens (including phenoxy) is 1. The number of hydrogen-bond acceptors (Lipinski definition) is 4. The van der Waals surface area contributed by atoms with Crippen LogP contribution in [-0.4, -0.2) is 62.6 Å². The van der Waals surface area contributed by atoms with Crippen molar-refractivity contribution in [3.63, 3.8) is 0 Å². The average molecular weight is 446 g/mol. The summed E-state index contributed by atoms with van der Waals surface area (Å²) in [6.07, 6.45) is 1.21. The molecule has 0 aliphatic carbocycles. The third kappa shape index (κ3) is 7.76. The lowest BCUT2D eigenvalue weighted by Crippen LogP contribution is -2.36. The maximum atomic E-state index is 12.6. The summed E-state index contributed by atoms with van der Waals surface area (Å²) in [6, 6.07) is 15.4. The van der Waals surface area contributed by atoms with Crippen molar-refractivity contribution in [1.82, 2.24) is 20.4 Å². The van der Waals surface area contributed by atoms with Gasteiger partial charge in [-0.15, -0.1) is 0 Å². The Labute approximate surface area is 189 Å². The van der Waals surface area contributed by atoms with Gasteiger partial charge in [-0.1, -0.05) is 42.5 Å². The van der Waals surface area contributed by atoms with Crippen molar-refractivity contribution in [2.45, 2.75) is 32.7 Å². The van der Waals surface area contributed by atoms with E-state index >= 15 is 0 Å².